The van der Waals surface area contributed by atoms with E-state index in [1.165, 1.54) is 19.1 Å². The van der Waals surface area contributed by atoms with Gasteiger partial charge in [0, 0.05) is 48.1 Å². The van der Waals surface area contributed by atoms with E-state index < -0.39 is 11.8 Å². The summed E-state index contributed by atoms with van der Waals surface area (Å²) in [4.78, 5) is 41.6. The molecule has 230 valence electrons. The maximum atomic E-state index is 15.3. The number of fused-ring (bicyclic) bond motifs is 1. The van der Waals surface area contributed by atoms with Gasteiger partial charge >= 0.3 is 0 Å². The number of benzene rings is 1. The van der Waals surface area contributed by atoms with Gasteiger partial charge in [-0.25, -0.2) is 18.7 Å². The number of hydrogen-bond acceptors (Lipinski definition) is 7. The Balaban J connectivity index is 1.17. The Morgan fingerprint density at radius 2 is 1.73 bits per heavy atom. The van der Waals surface area contributed by atoms with Crippen LogP contribution < -0.4 is 15.8 Å². The van der Waals surface area contributed by atoms with Gasteiger partial charge in [-0.05, 0) is 62.8 Å². The Kier molecular flexibility index (Phi) is 8.37. The van der Waals surface area contributed by atoms with Crippen LogP contribution in [0.1, 0.15) is 78.5 Å². The minimum Gasteiger partial charge on any atom is -0.370 e. The first-order valence-electron chi connectivity index (χ1n) is 15.1. The van der Waals surface area contributed by atoms with Gasteiger partial charge in [0.2, 0.25) is 5.95 Å². The summed E-state index contributed by atoms with van der Waals surface area (Å²) in [5.74, 6) is -2.80. The molecule has 0 amide bonds. The number of halogens is 3. The standard InChI is InChI=1S/C33H35ClF2N6O2/c1-20-27-19-38-32(40-30(27)42(25-5-3-4-6-25)31(44)29(20)21(2)43)39-28-12-11-26(18-37-28)41-15-13-24(14-16-41)33(35,36)23-9-7-22(17-34)8-10-23/h7-12,18-19,24-25H,3-6,13-17H2,1-2H3,(H,37,38,39,40). The number of carbonyl (C=O) groups is 1. The summed E-state index contributed by atoms with van der Waals surface area (Å²) < 4.78 is 32.2. The Morgan fingerprint density at radius 3 is 2.34 bits per heavy atom. The van der Waals surface area contributed by atoms with E-state index in [9.17, 15) is 9.59 Å². The molecule has 1 aliphatic heterocycles. The molecule has 4 heterocycles. The lowest BCUT2D eigenvalue weighted by Crippen LogP contribution is -2.39. The second-order valence-electron chi connectivity index (χ2n) is 11.8. The van der Waals surface area contributed by atoms with Crippen molar-refractivity contribution >= 4 is 45.9 Å². The van der Waals surface area contributed by atoms with E-state index in [1.807, 2.05) is 6.07 Å². The Hall–Kier alpha value is -3.92. The van der Waals surface area contributed by atoms with Crippen LogP contribution in [0.25, 0.3) is 11.0 Å². The summed E-state index contributed by atoms with van der Waals surface area (Å²) in [6.07, 6.45) is 7.87. The van der Waals surface area contributed by atoms with Crippen LogP contribution in [0.5, 0.6) is 0 Å². The van der Waals surface area contributed by atoms with Gasteiger partial charge in [-0.15, -0.1) is 11.6 Å². The van der Waals surface area contributed by atoms with Crippen molar-refractivity contribution in [2.45, 2.75) is 70.2 Å². The molecule has 1 N–H and O–H groups in total. The lowest BCUT2D eigenvalue weighted by Gasteiger charge is -2.37. The third-order valence-electron chi connectivity index (χ3n) is 9.10. The van der Waals surface area contributed by atoms with Crippen molar-refractivity contribution in [1.29, 1.82) is 0 Å². The molecule has 0 bridgehead atoms. The second-order valence-corrected chi connectivity index (χ2v) is 12.1. The Morgan fingerprint density at radius 1 is 1.02 bits per heavy atom. The number of piperidine rings is 1. The van der Waals surface area contributed by atoms with Crippen LogP contribution in [0.4, 0.5) is 26.2 Å². The molecular formula is C33H35ClF2N6O2. The quantitative estimate of drug-likeness (QED) is 0.163. The number of ketones is 1. The molecule has 1 saturated carbocycles. The summed E-state index contributed by atoms with van der Waals surface area (Å²) in [7, 11) is 0. The number of nitrogens with zero attached hydrogens (tertiary/aromatic N) is 5. The first kappa shape index (κ1) is 30.1. The second kappa shape index (κ2) is 12.2. The predicted molar refractivity (Wildman–Crippen MR) is 168 cm³/mol. The van der Waals surface area contributed by atoms with Gasteiger partial charge in [-0.2, -0.15) is 4.98 Å². The molecule has 1 aliphatic carbocycles. The lowest BCUT2D eigenvalue weighted by atomic mass is 9.86. The van der Waals surface area contributed by atoms with Gasteiger partial charge in [-0.1, -0.05) is 37.1 Å². The van der Waals surface area contributed by atoms with E-state index in [4.69, 9.17) is 16.6 Å². The average Bonchev–Trinajstić information content (AvgIpc) is 3.56. The number of nitrogens with one attached hydrogen (secondary N) is 1. The van der Waals surface area contributed by atoms with Crippen LogP contribution in [0, 0.1) is 12.8 Å². The molecule has 11 heteroatoms. The van der Waals surface area contributed by atoms with Crippen LogP contribution >= 0.6 is 11.6 Å². The Bertz CT molecular complexity index is 1730. The molecule has 0 radical (unpaired) electrons. The van der Waals surface area contributed by atoms with E-state index in [2.05, 4.69) is 20.2 Å². The maximum absolute atomic E-state index is 15.3. The zero-order valence-corrected chi connectivity index (χ0v) is 25.6. The minimum absolute atomic E-state index is 0.00983. The van der Waals surface area contributed by atoms with Crippen molar-refractivity contribution in [3.05, 3.63) is 81.4 Å². The summed E-state index contributed by atoms with van der Waals surface area (Å²) in [5, 5.41) is 3.81. The number of anilines is 3. The highest BCUT2D eigenvalue weighted by Crippen LogP contribution is 2.42. The van der Waals surface area contributed by atoms with Crippen molar-refractivity contribution < 1.29 is 13.6 Å². The number of pyridine rings is 2. The van der Waals surface area contributed by atoms with Gasteiger partial charge in [-0.3, -0.25) is 14.2 Å². The van der Waals surface area contributed by atoms with Crippen molar-refractivity contribution in [3.8, 4) is 0 Å². The van der Waals surface area contributed by atoms with Crippen LogP contribution in [0.15, 0.2) is 53.6 Å². The molecule has 44 heavy (non-hydrogen) atoms. The number of Topliss-reactive ketones (excluding diaryl/α,β-unsaturated/α-hetero) is 1. The van der Waals surface area contributed by atoms with Gasteiger partial charge in [0.1, 0.15) is 11.5 Å². The predicted octanol–water partition coefficient (Wildman–Crippen LogP) is 7.30. The highest BCUT2D eigenvalue weighted by atomic mass is 35.5. The topological polar surface area (TPSA) is 93.0 Å². The summed E-state index contributed by atoms with van der Waals surface area (Å²) in [5.41, 5.74) is 2.70. The zero-order valence-electron chi connectivity index (χ0n) is 24.8. The molecule has 3 aromatic heterocycles. The summed E-state index contributed by atoms with van der Waals surface area (Å²) in [6.45, 7) is 4.19. The van der Waals surface area contributed by atoms with E-state index in [0.29, 0.717) is 60.2 Å². The molecule has 2 fully saturated rings. The van der Waals surface area contributed by atoms with E-state index in [1.54, 1.807) is 42.1 Å². The molecule has 1 aromatic carbocycles. The van der Waals surface area contributed by atoms with Crippen LogP contribution in [0.2, 0.25) is 0 Å². The smallest absolute Gasteiger partial charge is 0.276 e. The fourth-order valence-corrected chi connectivity index (χ4v) is 6.80. The Labute approximate surface area is 259 Å². The third kappa shape index (κ3) is 5.67. The number of hydrogen-bond donors (Lipinski definition) is 1. The minimum atomic E-state index is -2.91. The molecule has 2 aliphatic rings. The lowest BCUT2D eigenvalue weighted by molar-refractivity contribution is -0.0734. The third-order valence-corrected chi connectivity index (χ3v) is 9.41. The van der Waals surface area contributed by atoms with Crippen LogP contribution in [0.3, 0.4) is 0 Å². The first-order chi connectivity index (χ1) is 21.2. The molecule has 0 spiro atoms. The van der Waals surface area contributed by atoms with E-state index in [0.717, 1.165) is 36.9 Å². The molecule has 8 nitrogen and oxygen atoms in total. The highest BCUT2D eigenvalue weighted by molar-refractivity contribution is 6.17. The largest absolute Gasteiger partial charge is 0.370 e. The molecular weight excluding hydrogens is 586 g/mol. The molecule has 0 atom stereocenters. The van der Waals surface area contributed by atoms with Crippen molar-refractivity contribution in [2.75, 3.05) is 23.3 Å². The van der Waals surface area contributed by atoms with Crippen molar-refractivity contribution in [3.63, 3.8) is 0 Å². The molecule has 6 rings (SSSR count). The summed E-state index contributed by atoms with van der Waals surface area (Å²) in [6, 6.07) is 9.98. The van der Waals surface area contributed by atoms with Gasteiger partial charge in [0.15, 0.2) is 5.78 Å². The average molecular weight is 621 g/mol. The van der Waals surface area contributed by atoms with Crippen LogP contribution in [-0.2, 0) is 11.8 Å². The molecule has 4 aromatic rings. The highest BCUT2D eigenvalue weighted by Gasteiger charge is 2.42. The number of aromatic nitrogens is 4. The SMILES string of the molecule is CC(=O)c1c(C)c2cnc(Nc3ccc(N4CCC(C(F)(F)c5ccc(CCl)cc5)CC4)cn3)nc2n(C2CCCC2)c1=O. The fraction of sp³-hybridized carbons (Fsp3) is 0.424. The number of alkyl halides is 3. The fourth-order valence-electron chi connectivity index (χ4n) is 6.62. The van der Waals surface area contributed by atoms with E-state index in [-0.39, 0.29) is 28.5 Å². The maximum Gasteiger partial charge on any atom is 0.276 e. The molecule has 1 saturated heterocycles. The van der Waals surface area contributed by atoms with Gasteiger partial charge in [0.25, 0.3) is 11.5 Å². The zero-order chi connectivity index (χ0) is 31.0. The number of rotatable bonds is 8. The van der Waals surface area contributed by atoms with Crippen molar-refractivity contribution in [1.82, 2.24) is 19.5 Å². The molecule has 0 unspecified atom stereocenters. The summed E-state index contributed by atoms with van der Waals surface area (Å²) >= 11 is 5.81. The normalized spacial score (nSPS) is 16.5. The number of carbonyl (C=O) groups excluding carboxylic acids is 1. The first-order valence-corrected chi connectivity index (χ1v) is 15.6. The van der Waals surface area contributed by atoms with Crippen LogP contribution in [-0.4, -0.2) is 38.4 Å². The van der Waals surface area contributed by atoms with Gasteiger partial charge < -0.3 is 10.2 Å². The number of aryl methyl sites for hydroxylation is 1. The van der Waals surface area contributed by atoms with Crippen molar-refractivity contribution in [2.24, 2.45) is 5.92 Å². The van der Waals surface area contributed by atoms with Gasteiger partial charge in [0.05, 0.1) is 17.4 Å². The van der Waals surface area contributed by atoms with E-state index >= 15 is 8.78 Å². The monoisotopic (exact) mass is 620 g/mol.